The molecule has 0 spiro atoms. The minimum Gasteiger partial charge on any atom is -0.402 e. The Hall–Kier alpha value is -2.05. The zero-order valence-corrected chi connectivity index (χ0v) is 17.3. The van der Waals surface area contributed by atoms with Gasteiger partial charge in [-0.05, 0) is 49.3 Å². The van der Waals surface area contributed by atoms with Crippen LogP contribution in [0.5, 0.6) is 17.2 Å². The topological polar surface area (TPSA) is 53.7 Å². The Labute approximate surface area is 178 Å². The zero-order valence-electron chi connectivity index (χ0n) is 17.3. The molecule has 0 bridgehead atoms. The van der Waals surface area contributed by atoms with Crippen molar-refractivity contribution in [3.63, 3.8) is 0 Å². The molecule has 186 valence electrons. The van der Waals surface area contributed by atoms with E-state index in [9.17, 15) is 39.5 Å². The first-order chi connectivity index (χ1) is 14.5. The molecule has 0 heterocycles. The Balaban J connectivity index is 3.27. The molecule has 1 aromatic rings. The summed E-state index contributed by atoms with van der Waals surface area (Å²) in [4.78, 5) is 0. The molecule has 0 fully saturated rings. The predicted octanol–water partition coefficient (Wildman–Crippen LogP) is 6.72. The first kappa shape index (κ1) is 28.0. The third kappa shape index (κ3) is 10.5. The zero-order chi connectivity index (χ0) is 24.7. The van der Waals surface area contributed by atoms with E-state index in [1.165, 1.54) is 0 Å². The second kappa shape index (κ2) is 11.2. The fourth-order valence-electron chi connectivity index (χ4n) is 3.16. The fraction of sp³-hybridized carbons (Fsp3) is 0.684. The summed E-state index contributed by atoms with van der Waals surface area (Å²) in [6.07, 6.45) is -14.5. The molecule has 1 rings (SSSR count). The standard InChI is InChI=1S/C19H24F9NO3/c1-3-12(9-11(2)10-29)5-4-6-13-7-8-14(30-17(20,21)22)16(32-19(26,27)28)15(13)31-18(23,24)25/h7-8,11-12H,3-6,9-10,29H2,1-2H3. The molecule has 2 N–H and O–H groups in total. The van der Waals surface area contributed by atoms with Gasteiger partial charge in [0, 0.05) is 0 Å². The van der Waals surface area contributed by atoms with Crippen LogP contribution in [-0.4, -0.2) is 25.6 Å². The van der Waals surface area contributed by atoms with Gasteiger partial charge in [0.2, 0.25) is 5.75 Å². The van der Waals surface area contributed by atoms with E-state index >= 15 is 0 Å². The van der Waals surface area contributed by atoms with Crippen LogP contribution in [0.25, 0.3) is 0 Å². The van der Waals surface area contributed by atoms with Gasteiger partial charge < -0.3 is 19.9 Å². The number of nitrogens with two attached hydrogens (primary N) is 1. The van der Waals surface area contributed by atoms with E-state index in [1.54, 1.807) is 0 Å². The molecule has 0 saturated heterocycles. The summed E-state index contributed by atoms with van der Waals surface area (Å²) in [7, 11) is 0. The maximum Gasteiger partial charge on any atom is 0.573 e. The van der Waals surface area contributed by atoms with Gasteiger partial charge in [-0.1, -0.05) is 32.8 Å². The highest BCUT2D eigenvalue weighted by Crippen LogP contribution is 2.47. The highest BCUT2D eigenvalue weighted by Gasteiger charge is 2.41. The molecule has 1 aromatic carbocycles. The van der Waals surface area contributed by atoms with Crippen LogP contribution in [-0.2, 0) is 6.42 Å². The number of benzene rings is 1. The third-order valence-electron chi connectivity index (χ3n) is 4.59. The number of alkyl halides is 9. The highest BCUT2D eigenvalue weighted by atomic mass is 19.4. The number of rotatable bonds is 11. The van der Waals surface area contributed by atoms with Crippen molar-refractivity contribution in [2.24, 2.45) is 17.6 Å². The van der Waals surface area contributed by atoms with E-state index in [0.717, 1.165) is 18.9 Å². The summed E-state index contributed by atoms with van der Waals surface area (Å²) < 4.78 is 125. The van der Waals surface area contributed by atoms with E-state index in [-0.39, 0.29) is 24.7 Å². The molecule has 0 aromatic heterocycles. The first-order valence-corrected chi connectivity index (χ1v) is 9.67. The van der Waals surface area contributed by atoms with Gasteiger partial charge in [-0.15, -0.1) is 39.5 Å². The third-order valence-corrected chi connectivity index (χ3v) is 4.59. The van der Waals surface area contributed by atoms with Gasteiger partial charge in [0.05, 0.1) is 0 Å². The van der Waals surface area contributed by atoms with Crippen LogP contribution in [0.3, 0.4) is 0 Å². The fourth-order valence-corrected chi connectivity index (χ4v) is 3.16. The van der Waals surface area contributed by atoms with Gasteiger partial charge in [-0.2, -0.15) is 0 Å². The lowest BCUT2D eigenvalue weighted by atomic mass is 9.89. The molecular formula is C19H24F9NO3. The molecule has 0 aliphatic rings. The summed E-state index contributed by atoms with van der Waals surface area (Å²) in [6.45, 7) is 4.28. The van der Waals surface area contributed by atoms with Crippen LogP contribution < -0.4 is 19.9 Å². The molecule has 0 aliphatic carbocycles. The van der Waals surface area contributed by atoms with Crippen molar-refractivity contribution in [3.05, 3.63) is 17.7 Å². The van der Waals surface area contributed by atoms with Crippen LogP contribution in [0, 0.1) is 11.8 Å². The van der Waals surface area contributed by atoms with Crippen molar-refractivity contribution < 1.29 is 53.7 Å². The van der Waals surface area contributed by atoms with E-state index in [1.807, 2.05) is 13.8 Å². The molecule has 13 heteroatoms. The molecule has 4 nitrogen and oxygen atoms in total. The summed E-state index contributed by atoms with van der Waals surface area (Å²) in [6, 6.07) is 1.25. The van der Waals surface area contributed by atoms with E-state index < -0.39 is 41.9 Å². The second-order valence-corrected chi connectivity index (χ2v) is 7.27. The smallest absolute Gasteiger partial charge is 0.402 e. The Morgan fingerprint density at radius 3 is 1.84 bits per heavy atom. The maximum absolute atomic E-state index is 12.9. The Bertz CT molecular complexity index is 718. The maximum atomic E-state index is 12.9. The monoisotopic (exact) mass is 485 g/mol. The summed E-state index contributed by atoms with van der Waals surface area (Å²) >= 11 is 0. The molecule has 2 atom stereocenters. The largest absolute Gasteiger partial charge is 0.573 e. The predicted molar refractivity (Wildman–Crippen MR) is 96.0 cm³/mol. The summed E-state index contributed by atoms with van der Waals surface area (Å²) in [5.74, 6) is -4.62. The van der Waals surface area contributed by atoms with E-state index in [2.05, 4.69) is 14.2 Å². The lowest BCUT2D eigenvalue weighted by Gasteiger charge is -2.22. The number of halogens is 9. The van der Waals surface area contributed by atoms with Crippen molar-refractivity contribution in [1.82, 2.24) is 0 Å². The quantitative estimate of drug-likeness (QED) is 0.354. The Morgan fingerprint density at radius 2 is 1.38 bits per heavy atom. The summed E-state index contributed by atoms with van der Waals surface area (Å²) in [5, 5.41) is 0. The van der Waals surface area contributed by atoms with Gasteiger partial charge in [0.15, 0.2) is 11.5 Å². The van der Waals surface area contributed by atoms with Gasteiger partial charge in [0.1, 0.15) is 0 Å². The lowest BCUT2D eigenvalue weighted by Crippen LogP contribution is -2.24. The van der Waals surface area contributed by atoms with Crippen molar-refractivity contribution in [3.8, 4) is 17.2 Å². The van der Waals surface area contributed by atoms with Crippen LogP contribution in [0.2, 0.25) is 0 Å². The van der Waals surface area contributed by atoms with E-state index in [4.69, 9.17) is 5.73 Å². The normalized spacial score (nSPS) is 14.8. The number of hydrogen-bond acceptors (Lipinski definition) is 4. The summed E-state index contributed by atoms with van der Waals surface area (Å²) in [5.41, 5.74) is 5.17. The average Bonchev–Trinajstić information content (AvgIpc) is 2.61. The van der Waals surface area contributed by atoms with Crippen LogP contribution >= 0.6 is 0 Å². The minimum absolute atomic E-state index is 0.166. The van der Waals surface area contributed by atoms with Crippen LogP contribution in [0.1, 0.15) is 45.1 Å². The molecule has 32 heavy (non-hydrogen) atoms. The molecular weight excluding hydrogens is 461 g/mol. The van der Waals surface area contributed by atoms with Crippen LogP contribution in [0.4, 0.5) is 39.5 Å². The SMILES string of the molecule is CCC(CCCc1ccc(OC(F)(F)F)c(OC(F)(F)F)c1OC(F)(F)F)CC(C)CN. The molecule has 0 saturated carbocycles. The highest BCUT2D eigenvalue weighted by molar-refractivity contribution is 5.56. The molecule has 0 aliphatic heterocycles. The van der Waals surface area contributed by atoms with Crippen molar-refractivity contribution in [2.75, 3.05) is 6.54 Å². The number of aryl methyl sites for hydroxylation is 1. The lowest BCUT2D eigenvalue weighted by molar-refractivity contribution is -0.293. The van der Waals surface area contributed by atoms with Crippen molar-refractivity contribution in [2.45, 2.75) is 65.0 Å². The number of hydrogen-bond donors (Lipinski definition) is 1. The average molecular weight is 485 g/mol. The number of ether oxygens (including phenoxy) is 3. The minimum atomic E-state index is -5.60. The van der Waals surface area contributed by atoms with Crippen molar-refractivity contribution >= 4 is 0 Å². The van der Waals surface area contributed by atoms with Crippen LogP contribution in [0.15, 0.2) is 12.1 Å². The molecule has 0 radical (unpaired) electrons. The van der Waals surface area contributed by atoms with Gasteiger partial charge in [0.25, 0.3) is 0 Å². The van der Waals surface area contributed by atoms with E-state index in [0.29, 0.717) is 19.0 Å². The molecule has 0 amide bonds. The van der Waals surface area contributed by atoms with Gasteiger partial charge in [-0.3, -0.25) is 0 Å². The van der Waals surface area contributed by atoms with Crippen molar-refractivity contribution in [1.29, 1.82) is 0 Å². The Kier molecular flexibility index (Phi) is 9.79. The molecule has 2 unspecified atom stereocenters. The Morgan fingerprint density at radius 1 is 0.844 bits per heavy atom. The van der Waals surface area contributed by atoms with Gasteiger partial charge in [-0.25, -0.2) is 0 Å². The van der Waals surface area contributed by atoms with Gasteiger partial charge >= 0.3 is 19.1 Å². The first-order valence-electron chi connectivity index (χ1n) is 9.67. The second-order valence-electron chi connectivity index (χ2n) is 7.27.